The van der Waals surface area contributed by atoms with Gasteiger partial charge < -0.3 is 9.80 Å². The third kappa shape index (κ3) is 3.96. The molecule has 146 valence electrons. The lowest BCUT2D eigenvalue weighted by atomic mass is 10.0. The van der Waals surface area contributed by atoms with Crippen LogP contribution in [-0.4, -0.2) is 47.2 Å². The minimum atomic E-state index is -0.355. The number of halogens is 1. The largest absolute Gasteiger partial charge is 0.350 e. The van der Waals surface area contributed by atoms with Crippen LogP contribution in [0.4, 0.5) is 10.2 Å². The molecule has 0 unspecified atom stereocenters. The van der Waals surface area contributed by atoms with E-state index in [1.54, 1.807) is 23.1 Å². The summed E-state index contributed by atoms with van der Waals surface area (Å²) in [6.45, 7) is 6.18. The number of hydrogen-bond acceptors (Lipinski definition) is 5. The predicted octanol–water partition coefficient (Wildman–Crippen LogP) is 2.50. The molecule has 2 heterocycles. The zero-order chi connectivity index (χ0) is 20.1. The highest BCUT2D eigenvalue weighted by molar-refractivity contribution is 5.79. The molecule has 0 radical (unpaired) electrons. The lowest BCUT2D eigenvalue weighted by molar-refractivity contribution is -0.130. The molecule has 2 aromatic rings. The standard InChI is InChI=1S/C21H24FN5O/c1-3-16-17(14-23)21(25-24-19(16)4-2)27-11-9-26(10-12-27)20(28)13-15-7-5-6-8-18(15)22/h5-8H,3-4,9-13H2,1-2H3. The van der Waals surface area contributed by atoms with Gasteiger partial charge in [-0.15, -0.1) is 5.10 Å². The van der Waals surface area contributed by atoms with Crippen LogP contribution in [0.3, 0.4) is 0 Å². The summed E-state index contributed by atoms with van der Waals surface area (Å²) in [5.41, 5.74) is 2.81. The quantitative estimate of drug-likeness (QED) is 0.796. The van der Waals surface area contributed by atoms with Gasteiger partial charge in [-0.2, -0.15) is 10.4 Å². The van der Waals surface area contributed by atoms with Crippen molar-refractivity contribution < 1.29 is 9.18 Å². The molecule has 28 heavy (non-hydrogen) atoms. The minimum absolute atomic E-state index is 0.0567. The van der Waals surface area contributed by atoms with Crippen LogP contribution >= 0.6 is 0 Å². The maximum Gasteiger partial charge on any atom is 0.227 e. The lowest BCUT2D eigenvalue weighted by Gasteiger charge is -2.35. The summed E-state index contributed by atoms with van der Waals surface area (Å²) in [5, 5.41) is 18.3. The molecular weight excluding hydrogens is 357 g/mol. The van der Waals surface area contributed by atoms with Gasteiger partial charge in [0.2, 0.25) is 5.91 Å². The number of aryl methyl sites for hydroxylation is 1. The van der Waals surface area contributed by atoms with Crippen LogP contribution in [0.15, 0.2) is 24.3 Å². The number of carbonyl (C=O) groups excluding carboxylic acids is 1. The van der Waals surface area contributed by atoms with Crippen molar-refractivity contribution in [3.8, 4) is 6.07 Å². The van der Waals surface area contributed by atoms with Crippen molar-refractivity contribution in [2.45, 2.75) is 33.1 Å². The lowest BCUT2D eigenvalue weighted by Crippen LogP contribution is -2.49. The first kappa shape index (κ1) is 19.7. The van der Waals surface area contributed by atoms with Gasteiger partial charge in [-0.25, -0.2) is 4.39 Å². The van der Waals surface area contributed by atoms with E-state index < -0.39 is 0 Å². The van der Waals surface area contributed by atoms with Gasteiger partial charge in [-0.3, -0.25) is 4.79 Å². The van der Waals surface area contributed by atoms with Gasteiger partial charge >= 0.3 is 0 Å². The Bertz CT molecular complexity index is 900. The normalized spacial score (nSPS) is 14.1. The van der Waals surface area contributed by atoms with Crippen molar-refractivity contribution in [3.05, 3.63) is 52.5 Å². The van der Waals surface area contributed by atoms with Crippen molar-refractivity contribution in [1.82, 2.24) is 15.1 Å². The minimum Gasteiger partial charge on any atom is -0.350 e. The first-order valence-electron chi connectivity index (χ1n) is 9.63. The summed E-state index contributed by atoms with van der Waals surface area (Å²) >= 11 is 0. The molecule has 1 amide bonds. The molecule has 1 aromatic carbocycles. The first-order chi connectivity index (χ1) is 13.6. The number of aromatic nitrogens is 2. The molecule has 0 aliphatic carbocycles. The van der Waals surface area contributed by atoms with Gasteiger partial charge in [0, 0.05) is 26.2 Å². The topological polar surface area (TPSA) is 73.1 Å². The van der Waals surface area contributed by atoms with Gasteiger partial charge in [0.25, 0.3) is 0 Å². The first-order valence-corrected chi connectivity index (χ1v) is 9.63. The van der Waals surface area contributed by atoms with E-state index >= 15 is 0 Å². The zero-order valence-electron chi connectivity index (χ0n) is 16.3. The summed E-state index contributed by atoms with van der Waals surface area (Å²) in [6, 6.07) is 8.65. The molecule has 3 rings (SSSR count). The van der Waals surface area contributed by atoms with Crippen LogP contribution in [0.2, 0.25) is 0 Å². The van der Waals surface area contributed by atoms with Crippen LogP contribution in [0.25, 0.3) is 0 Å². The number of amides is 1. The molecule has 1 saturated heterocycles. The Balaban J connectivity index is 1.70. The molecule has 0 bridgehead atoms. The van der Waals surface area contributed by atoms with E-state index in [4.69, 9.17) is 0 Å². The average Bonchev–Trinajstić information content (AvgIpc) is 2.74. The monoisotopic (exact) mass is 381 g/mol. The van der Waals surface area contributed by atoms with Crippen LogP contribution < -0.4 is 4.90 Å². The molecule has 0 N–H and O–H groups in total. The molecular formula is C21H24FN5O. The van der Waals surface area contributed by atoms with Gasteiger partial charge in [0.15, 0.2) is 5.82 Å². The van der Waals surface area contributed by atoms with Crippen molar-refractivity contribution in [3.63, 3.8) is 0 Å². The number of carbonyl (C=O) groups is 1. The Morgan fingerprint density at radius 2 is 1.86 bits per heavy atom. The third-order valence-electron chi connectivity index (χ3n) is 5.17. The smallest absolute Gasteiger partial charge is 0.227 e. The SMILES string of the molecule is CCc1nnc(N2CCN(C(=O)Cc3ccccc3F)CC2)c(C#N)c1CC. The van der Waals surface area contributed by atoms with Crippen LogP contribution in [0.1, 0.15) is 36.2 Å². The number of rotatable bonds is 5. The molecule has 1 aliphatic rings. The van der Waals surface area contributed by atoms with Gasteiger partial charge in [0.05, 0.1) is 12.1 Å². The van der Waals surface area contributed by atoms with E-state index in [0.717, 1.165) is 24.1 Å². The van der Waals surface area contributed by atoms with Crippen molar-refractivity contribution in [1.29, 1.82) is 5.26 Å². The summed E-state index contributed by atoms with van der Waals surface area (Å²) in [4.78, 5) is 16.3. The fourth-order valence-electron chi connectivity index (χ4n) is 3.59. The van der Waals surface area contributed by atoms with E-state index in [1.807, 2.05) is 18.7 Å². The summed E-state index contributed by atoms with van der Waals surface area (Å²) in [5.74, 6) is 0.149. The number of nitriles is 1. The van der Waals surface area contributed by atoms with Crippen LogP contribution in [0.5, 0.6) is 0 Å². The van der Waals surface area contributed by atoms with E-state index in [2.05, 4.69) is 16.3 Å². The van der Waals surface area contributed by atoms with Crippen molar-refractivity contribution in [2.24, 2.45) is 0 Å². The van der Waals surface area contributed by atoms with E-state index in [9.17, 15) is 14.4 Å². The summed E-state index contributed by atoms with van der Waals surface area (Å²) in [6.07, 6.45) is 1.53. The highest BCUT2D eigenvalue weighted by Crippen LogP contribution is 2.24. The van der Waals surface area contributed by atoms with Crippen LogP contribution in [0, 0.1) is 17.1 Å². The van der Waals surface area contributed by atoms with Gasteiger partial charge in [-0.1, -0.05) is 32.0 Å². The van der Waals surface area contributed by atoms with Gasteiger partial charge in [0.1, 0.15) is 17.4 Å². The Morgan fingerprint density at radius 3 is 2.46 bits per heavy atom. The van der Waals surface area contributed by atoms with Crippen molar-refractivity contribution in [2.75, 3.05) is 31.1 Å². The van der Waals surface area contributed by atoms with E-state index in [-0.39, 0.29) is 18.1 Å². The highest BCUT2D eigenvalue weighted by Gasteiger charge is 2.26. The zero-order valence-corrected chi connectivity index (χ0v) is 16.3. The average molecular weight is 381 g/mol. The van der Waals surface area contributed by atoms with Gasteiger partial charge in [-0.05, 0) is 30.0 Å². The fourth-order valence-corrected chi connectivity index (χ4v) is 3.59. The second-order valence-corrected chi connectivity index (χ2v) is 6.78. The number of hydrogen-bond donors (Lipinski definition) is 0. The number of anilines is 1. The maximum absolute atomic E-state index is 13.8. The number of benzene rings is 1. The Kier molecular flexibility index (Phi) is 6.19. The third-order valence-corrected chi connectivity index (χ3v) is 5.17. The molecule has 0 atom stereocenters. The molecule has 7 heteroatoms. The van der Waals surface area contributed by atoms with E-state index in [0.29, 0.717) is 43.1 Å². The Hall–Kier alpha value is -3.01. The second kappa shape index (κ2) is 8.79. The molecule has 6 nitrogen and oxygen atoms in total. The Morgan fingerprint density at radius 1 is 1.14 bits per heavy atom. The molecule has 1 aromatic heterocycles. The van der Waals surface area contributed by atoms with Crippen molar-refractivity contribution >= 4 is 11.7 Å². The highest BCUT2D eigenvalue weighted by atomic mass is 19.1. The van der Waals surface area contributed by atoms with Crippen LogP contribution in [-0.2, 0) is 24.1 Å². The molecule has 1 fully saturated rings. The molecule has 1 aliphatic heterocycles. The fraction of sp³-hybridized carbons (Fsp3) is 0.429. The number of nitrogens with zero attached hydrogens (tertiary/aromatic N) is 5. The summed E-state index contributed by atoms with van der Waals surface area (Å²) in [7, 11) is 0. The predicted molar refractivity (Wildman–Crippen MR) is 104 cm³/mol. The Labute approximate surface area is 164 Å². The van der Waals surface area contributed by atoms with E-state index in [1.165, 1.54) is 6.07 Å². The molecule has 0 spiro atoms. The second-order valence-electron chi connectivity index (χ2n) is 6.78. The summed E-state index contributed by atoms with van der Waals surface area (Å²) < 4.78 is 13.8. The molecule has 0 saturated carbocycles. The number of piperazine rings is 1. The maximum atomic E-state index is 13.8.